The van der Waals surface area contributed by atoms with Gasteiger partial charge >= 0.3 is 0 Å². The molecule has 3 rings (SSSR count). The maximum atomic E-state index is 5.34. The Hall–Kier alpha value is -1.75. The van der Waals surface area contributed by atoms with E-state index < -0.39 is 0 Å². The van der Waals surface area contributed by atoms with E-state index >= 15 is 0 Å². The Kier molecular flexibility index (Phi) is 2.83. The molecule has 1 aliphatic rings. The molecule has 0 unspecified atom stereocenters. The molecular weight excluding hydrogens is 228 g/mol. The zero-order valence-corrected chi connectivity index (χ0v) is 10.6. The van der Waals surface area contributed by atoms with Crippen LogP contribution in [0.15, 0.2) is 16.7 Å². The molecule has 0 amide bonds. The first-order valence-electron chi connectivity index (χ1n) is 6.25. The van der Waals surface area contributed by atoms with E-state index in [1.165, 1.54) is 0 Å². The summed E-state index contributed by atoms with van der Waals surface area (Å²) in [5.74, 6) is 1.34. The molecule has 5 heteroatoms. The Balaban J connectivity index is 1.92. The molecule has 1 saturated heterocycles. The molecule has 0 radical (unpaired) electrons. The van der Waals surface area contributed by atoms with Crippen LogP contribution < -0.4 is 5.32 Å². The van der Waals surface area contributed by atoms with Crippen LogP contribution in [-0.2, 0) is 0 Å². The second-order valence-electron chi connectivity index (χ2n) is 4.74. The van der Waals surface area contributed by atoms with Crippen LogP contribution in [0.1, 0.15) is 36.2 Å². The molecule has 3 heterocycles. The van der Waals surface area contributed by atoms with E-state index in [0.29, 0.717) is 11.7 Å². The van der Waals surface area contributed by atoms with Crippen molar-refractivity contribution in [3.63, 3.8) is 0 Å². The highest BCUT2D eigenvalue weighted by molar-refractivity contribution is 5.55. The van der Waals surface area contributed by atoms with Crippen molar-refractivity contribution < 1.29 is 4.52 Å². The van der Waals surface area contributed by atoms with E-state index in [0.717, 1.165) is 36.3 Å². The minimum Gasteiger partial charge on any atom is -0.337 e. The van der Waals surface area contributed by atoms with Crippen LogP contribution >= 0.6 is 0 Å². The van der Waals surface area contributed by atoms with Crippen LogP contribution in [0.2, 0.25) is 0 Å². The molecule has 1 N–H and O–H groups in total. The monoisotopic (exact) mass is 244 g/mol. The van der Waals surface area contributed by atoms with Gasteiger partial charge in [-0.05, 0) is 45.4 Å². The van der Waals surface area contributed by atoms with E-state index in [9.17, 15) is 0 Å². The SMILES string of the molecule is Cc1cc(-c2noc([C@@H]3CCCN3)n2)cc(C)n1. The van der Waals surface area contributed by atoms with Crippen molar-refractivity contribution in [1.82, 2.24) is 20.4 Å². The lowest BCUT2D eigenvalue weighted by Crippen LogP contribution is -2.12. The highest BCUT2D eigenvalue weighted by atomic mass is 16.5. The number of rotatable bonds is 2. The maximum Gasteiger partial charge on any atom is 0.244 e. The largest absolute Gasteiger partial charge is 0.337 e. The van der Waals surface area contributed by atoms with Gasteiger partial charge in [-0.2, -0.15) is 4.98 Å². The third-order valence-electron chi connectivity index (χ3n) is 3.14. The Morgan fingerprint density at radius 2 is 2.00 bits per heavy atom. The number of nitrogens with zero attached hydrogens (tertiary/aromatic N) is 3. The quantitative estimate of drug-likeness (QED) is 0.877. The summed E-state index contributed by atoms with van der Waals surface area (Å²) in [6.07, 6.45) is 2.23. The summed E-state index contributed by atoms with van der Waals surface area (Å²) >= 11 is 0. The molecule has 1 atom stereocenters. The Morgan fingerprint density at radius 3 is 2.67 bits per heavy atom. The summed E-state index contributed by atoms with van der Waals surface area (Å²) in [5.41, 5.74) is 2.90. The van der Waals surface area contributed by atoms with Crippen LogP contribution in [-0.4, -0.2) is 21.7 Å². The van der Waals surface area contributed by atoms with Crippen molar-refractivity contribution >= 4 is 0 Å². The van der Waals surface area contributed by atoms with Crippen molar-refractivity contribution in [1.29, 1.82) is 0 Å². The van der Waals surface area contributed by atoms with Gasteiger partial charge in [-0.25, -0.2) is 0 Å². The molecule has 1 aliphatic heterocycles. The lowest BCUT2D eigenvalue weighted by atomic mass is 10.2. The van der Waals surface area contributed by atoms with Gasteiger partial charge in [0.15, 0.2) is 0 Å². The predicted molar refractivity (Wildman–Crippen MR) is 67.0 cm³/mol. The number of aromatic nitrogens is 3. The summed E-state index contributed by atoms with van der Waals surface area (Å²) in [6.45, 7) is 4.96. The fraction of sp³-hybridized carbons (Fsp3) is 0.462. The van der Waals surface area contributed by atoms with Crippen molar-refractivity contribution in [3.05, 3.63) is 29.4 Å². The number of aryl methyl sites for hydroxylation is 2. The van der Waals surface area contributed by atoms with E-state index in [1.54, 1.807) is 0 Å². The van der Waals surface area contributed by atoms with E-state index in [-0.39, 0.29) is 6.04 Å². The molecule has 94 valence electrons. The molecular formula is C13H16N4O. The molecule has 18 heavy (non-hydrogen) atoms. The lowest BCUT2D eigenvalue weighted by molar-refractivity contribution is 0.345. The standard InChI is InChI=1S/C13H16N4O/c1-8-6-10(7-9(2)15-8)12-16-13(18-17-12)11-4-3-5-14-11/h6-7,11,14H,3-5H2,1-2H3/t11-/m0/s1. The average molecular weight is 244 g/mol. The Labute approximate surface area is 106 Å². The van der Waals surface area contributed by atoms with Gasteiger partial charge in [0.25, 0.3) is 0 Å². The zero-order valence-electron chi connectivity index (χ0n) is 10.6. The van der Waals surface area contributed by atoms with E-state index in [2.05, 4.69) is 20.4 Å². The minimum atomic E-state index is 0.218. The summed E-state index contributed by atoms with van der Waals surface area (Å²) in [7, 11) is 0. The topological polar surface area (TPSA) is 63.8 Å². The summed E-state index contributed by atoms with van der Waals surface area (Å²) < 4.78 is 5.34. The molecule has 2 aromatic rings. The highest BCUT2D eigenvalue weighted by Gasteiger charge is 2.22. The molecule has 1 fully saturated rings. The maximum absolute atomic E-state index is 5.34. The van der Waals surface area contributed by atoms with Crippen LogP contribution in [0.3, 0.4) is 0 Å². The van der Waals surface area contributed by atoms with Crippen molar-refractivity contribution in [2.24, 2.45) is 0 Å². The van der Waals surface area contributed by atoms with Gasteiger partial charge in [0.2, 0.25) is 11.7 Å². The average Bonchev–Trinajstić information content (AvgIpc) is 2.99. The first kappa shape index (κ1) is 11.3. The smallest absolute Gasteiger partial charge is 0.244 e. The lowest BCUT2D eigenvalue weighted by Gasteiger charge is -2.01. The van der Waals surface area contributed by atoms with Crippen LogP contribution in [0.4, 0.5) is 0 Å². The number of pyridine rings is 1. The summed E-state index contributed by atoms with van der Waals surface area (Å²) in [4.78, 5) is 8.82. The van der Waals surface area contributed by atoms with Crippen LogP contribution in [0, 0.1) is 13.8 Å². The van der Waals surface area contributed by atoms with Gasteiger partial charge in [-0.15, -0.1) is 0 Å². The Morgan fingerprint density at radius 1 is 1.22 bits per heavy atom. The normalized spacial score (nSPS) is 19.3. The molecule has 0 aromatic carbocycles. The summed E-state index contributed by atoms with van der Waals surface area (Å²) in [6, 6.07) is 4.17. The van der Waals surface area contributed by atoms with Crippen molar-refractivity contribution in [2.45, 2.75) is 32.7 Å². The van der Waals surface area contributed by atoms with Crippen molar-refractivity contribution in [2.75, 3.05) is 6.54 Å². The number of hydrogen-bond donors (Lipinski definition) is 1. The second-order valence-corrected chi connectivity index (χ2v) is 4.74. The molecule has 0 aliphatic carbocycles. The van der Waals surface area contributed by atoms with E-state index in [1.807, 2.05) is 26.0 Å². The van der Waals surface area contributed by atoms with Gasteiger partial charge in [-0.1, -0.05) is 5.16 Å². The van der Waals surface area contributed by atoms with Gasteiger partial charge in [0.1, 0.15) is 0 Å². The number of hydrogen-bond acceptors (Lipinski definition) is 5. The Bertz CT molecular complexity index is 538. The minimum absolute atomic E-state index is 0.218. The fourth-order valence-corrected chi connectivity index (χ4v) is 2.35. The third kappa shape index (κ3) is 2.13. The van der Waals surface area contributed by atoms with Gasteiger partial charge in [0, 0.05) is 17.0 Å². The summed E-state index contributed by atoms with van der Waals surface area (Å²) in [5, 5.41) is 7.41. The predicted octanol–water partition coefficient (Wildman–Crippen LogP) is 2.17. The van der Waals surface area contributed by atoms with Gasteiger partial charge < -0.3 is 9.84 Å². The zero-order chi connectivity index (χ0) is 12.5. The van der Waals surface area contributed by atoms with Crippen LogP contribution in [0.25, 0.3) is 11.4 Å². The first-order chi connectivity index (χ1) is 8.72. The third-order valence-corrected chi connectivity index (χ3v) is 3.14. The van der Waals surface area contributed by atoms with Gasteiger partial charge in [-0.3, -0.25) is 4.98 Å². The molecule has 0 bridgehead atoms. The molecule has 0 spiro atoms. The molecule has 0 saturated carbocycles. The second kappa shape index (κ2) is 4.49. The first-order valence-corrected chi connectivity index (χ1v) is 6.25. The molecule has 2 aromatic heterocycles. The fourth-order valence-electron chi connectivity index (χ4n) is 2.35. The number of nitrogens with one attached hydrogen (secondary N) is 1. The van der Waals surface area contributed by atoms with Crippen molar-refractivity contribution in [3.8, 4) is 11.4 Å². The van der Waals surface area contributed by atoms with Crippen LogP contribution in [0.5, 0.6) is 0 Å². The highest BCUT2D eigenvalue weighted by Crippen LogP contribution is 2.24. The molecule has 5 nitrogen and oxygen atoms in total. The van der Waals surface area contributed by atoms with E-state index in [4.69, 9.17) is 4.52 Å². The van der Waals surface area contributed by atoms with Gasteiger partial charge in [0.05, 0.1) is 6.04 Å².